The largest absolute Gasteiger partial charge is 0.480 e. The first-order valence-corrected chi connectivity index (χ1v) is 6.45. The Hall–Kier alpha value is -2.49. The van der Waals surface area contributed by atoms with E-state index in [1.54, 1.807) is 4.90 Å². The monoisotopic (exact) mass is 296 g/mol. The number of carboxylic acid groups (broad SMARTS) is 1. The summed E-state index contributed by atoms with van der Waals surface area (Å²) < 4.78 is 1.04. The van der Waals surface area contributed by atoms with Crippen molar-refractivity contribution in [2.45, 2.75) is 6.54 Å². The summed E-state index contributed by atoms with van der Waals surface area (Å²) in [5, 5.41) is 21.2. The number of hydrogen-bond acceptors (Lipinski definition) is 6. The molecular weight excluding hydrogens is 280 g/mol. The van der Waals surface area contributed by atoms with Gasteiger partial charge in [0.2, 0.25) is 5.91 Å². The van der Waals surface area contributed by atoms with Crippen LogP contribution in [0.15, 0.2) is 6.20 Å². The Balaban J connectivity index is 1.82. The average Bonchev–Trinajstić information content (AvgIpc) is 2.93. The minimum atomic E-state index is -1.08. The van der Waals surface area contributed by atoms with Crippen molar-refractivity contribution in [2.24, 2.45) is 0 Å². The molecule has 10 nitrogen and oxygen atoms in total. The molecule has 1 aromatic heterocycles. The van der Waals surface area contributed by atoms with Gasteiger partial charge in [-0.05, 0) is 0 Å². The van der Waals surface area contributed by atoms with Crippen LogP contribution in [0, 0.1) is 0 Å². The number of carbonyl (C=O) groups is 3. The summed E-state index contributed by atoms with van der Waals surface area (Å²) in [5.74, 6) is -1.81. The highest BCUT2D eigenvalue weighted by molar-refractivity contribution is 5.94. The van der Waals surface area contributed by atoms with Crippen molar-refractivity contribution in [3.63, 3.8) is 0 Å². The fraction of sp³-hybridized carbons (Fsp3) is 0.545. The maximum atomic E-state index is 11.8. The Morgan fingerprint density at radius 1 is 1.33 bits per heavy atom. The predicted octanol–water partition coefficient (Wildman–Crippen LogP) is -2.48. The number of aliphatic carboxylic acids is 1. The van der Waals surface area contributed by atoms with Gasteiger partial charge in [0.1, 0.15) is 6.54 Å². The Morgan fingerprint density at radius 2 is 2.05 bits per heavy atom. The van der Waals surface area contributed by atoms with Gasteiger partial charge in [0, 0.05) is 26.2 Å². The first-order valence-electron chi connectivity index (χ1n) is 6.45. The Kier molecular flexibility index (Phi) is 4.82. The van der Waals surface area contributed by atoms with Crippen LogP contribution in [0.3, 0.4) is 0 Å². The molecule has 2 amide bonds. The molecule has 0 saturated carbocycles. The molecule has 21 heavy (non-hydrogen) atoms. The van der Waals surface area contributed by atoms with Gasteiger partial charge in [0.05, 0.1) is 12.7 Å². The Bertz CT molecular complexity index is 537. The van der Waals surface area contributed by atoms with E-state index in [-0.39, 0.29) is 24.7 Å². The number of rotatable bonds is 5. The molecule has 0 radical (unpaired) electrons. The zero-order chi connectivity index (χ0) is 15.2. The maximum Gasteiger partial charge on any atom is 0.325 e. The highest BCUT2D eigenvalue weighted by atomic mass is 16.4. The molecule has 0 spiro atoms. The molecule has 2 rings (SSSR count). The van der Waals surface area contributed by atoms with Gasteiger partial charge < -0.3 is 20.6 Å². The van der Waals surface area contributed by atoms with Crippen molar-refractivity contribution < 1.29 is 19.5 Å². The molecule has 1 aromatic rings. The van der Waals surface area contributed by atoms with E-state index in [9.17, 15) is 14.4 Å². The van der Waals surface area contributed by atoms with Crippen LogP contribution in [0.5, 0.6) is 0 Å². The lowest BCUT2D eigenvalue weighted by Crippen LogP contribution is -2.49. The standard InChI is InChI=1S/C11H16N6O4/c18-9(16-3-1-12-2-4-16)5-13-11(21)8-6-17(15-14-8)7-10(19)20/h6,12H,1-5,7H2,(H,13,21)(H,19,20). The third-order valence-electron chi connectivity index (χ3n) is 2.94. The molecule has 2 heterocycles. The molecule has 1 fully saturated rings. The molecule has 0 aliphatic carbocycles. The summed E-state index contributed by atoms with van der Waals surface area (Å²) in [6.45, 7) is 2.21. The SMILES string of the molecule is O=C(O)Cn1cc(C(=O)NCC(=O)N2CCNCC2)nn1. The number of nitrogens with one attached hydrogen (secondary N) is 2. The third kappa shape index (κ3) is 4.24. The van der Waals surface area contributed by atoms with Gasteiger partial charge in [0.25, 0.3) is 5.91 Å². The van der Waals surface area contributed by atoms with Crippen molar-refractivity contribution in [1.29, 1.82) is 0 Å². The summed E-state index contributed by atoms with van der Waals surface area (Å²) >= 11 is 0. The van der Waals surface area contributed by atoms with E-state index in [0.717, 1.165) is 17.8 Å². The fourth-order valence-corrected chi connectivity index (χ4v) is 1.89. The van der Waals surface area contributed by atoms with Crippen LogP contribution in [0.2, 0.25) is 0 Å². The van der Waals surface area contributed by atoms with Gasteiger partial charge in [-0.15, -0.1) is 5.10 Å². The van der Waals surface area contributed by atoms with Crippen molar-refractivity contribution in [1.82, 2.24) is 30.5 Å². The summed E-state index contributed by atoms with van der Waals surface area (Å²) in [6, 6.07) is 0. The first-order chi connectivity index (χ1) is 10.1. The number of amides is 2. The van der Waals surface area contributed by atoms with Crippen molar-refractivity contribution in [2.75, 3.05) is 32.7 Å². The molecule has 114 valence electrons. The topological polar surface area (TPSA) is 129 Å². The smallest absolute Gasteiger partial charge is 0.325 e. The molecular formula is C11H16N6O4. The van der Waals surface area contributed by atoms with Crippen molar-refractivity contribution >= 4 is 17.8 Å². The Morgan fingerprint density at radius 3 is 2.71 bits per heavy atom. The molecule has 1 aliphatic heterocycles. The second-order valence-electron chi connectivity index (χ2n) is 4.51. The summed E-state index contributed by atoms with van der Waals surface area (Å²) in [4.78, 5) is 35.8. The fourth-order valence-electron chi connectivity index (χ4n) is 1.89. The second-order valence-corrected chi connectivity index (χ2v) is 4.51. The normalized spacial score (nSPS) is 14.8. The van der Waals surface area contributed by atoms with Crippen LogP contribution in [0.25, 0.3) is 0 Å². The van der Waals surface area contributed by atoms with Gasteiger partial charge in [0.15, 0.2) is 5.69 Å². The van der Waals surface area contributed by atoms with Gasteiger partial charge in [-0.1, -0.05) is 5.21 Å². The number of piperazine rings is 1. The molecule has 0 unspecified atom stereocenters. The molecule has 1 aliphatic rings. The van der Waals surface area contributed by atoms with E-state index in [2.05, 4.69) is 20.9 Å². The van der Waals surface area contributed by atoms with E-state index in [1.807, 2.05) is 0 Å². The van der Waals surface area contributed by atoms with E-state index >= 15 is 0 Å². The van der Waals surface area contributed by atoms with E-state index in [0.29, 0.717) is 13.1 Å². The summed E-state index contributed by atoms with van der Waals surface area (Å²) in [7, 11) is 0. The number of carbonyl (C=O) groups excluding carboxylic acids is 2. The van der Waals surface area contributed by atoms with Crippen LogP contribution in [0.4, 0.5) is 0 Å². The van der Waals surface area contributed by atoms with Gasteiger partial charge in [-0.3, -0.25) is 14.4 Å². The number of hydrogen-bond donors (Lipinski definition) is 3. The zero-order valence-electron chi connectivity index (χ0n) is 11.3. The molecule has 0 atom stereocenters. The third-order valence-corrected chi connectivity index (χ3v) is 2.94. The molecule has 0 bridgehead atoms. The van der Waals surface area contributed by atoms with E-state index in [4.69, 9.17) is 5.11 Å². The van der Waals surface area contributed by atoms with Crippen molar-refractivity contribution in [3.05, 3.63) is 11.9 Å². The minimum Gasteiger partial charge on any atom is -0.480 e. The second kappa shape index (κ2) is 6.79. The number of aromatic nitrogens is 3. The van der Waals surface area contributed by atoms with E-state index in [1.165, 1.54) is 6.20 Å². The number of carboxylic acids is 1. The van der Waals surface area contributed by atoms with Crippen LogP contribution >= 0.6 is 0 Å². The first kappa shape index (κ1) is 14.9. The van der Waals surface area contributed by atoms with E-state index < -0.39 is 11.9 Å². The minimum absolute atomic E-state index is 0.0237. The van der Waals surface area contributed by atoms with Gasteiger partial charge >= 0.3 is 5.97 Å². The quantitative estimate of drug-likeness (QED) is 0.548. The van der Waals surface area contributed by atoms with Crippen LogP contribution in [-0.4, -0.2) is 75.5 Å². The van der Waals surface area contributed by atoms with Crippen LogP contribution in [-0.2, 0) is 16.1 Å². The van der Waals surface area contributed by atoms with Crippen LogP contribution < -0.4 is 10.6 Å². The predicted molar refractivity (Wildman–Crippen MR) is 69.4 cm³/mol. The maximum absolute atomic E-state index is 11.8. The highest BCUT2D eigenvalue weighted by Crippen LogP contribution is 1.95. The van der Waals surface area contributed by atoms with Gasteiger partial charge in [-0.2, -0.15) is 0 Å². The zero-order valence-corrected chi connectivity index (χ0v) is 11.3. The average molecular weight is 296 g/mol. The molecule has 10 heteroatoms. The lowest BCUT2D eigenvalue weighted by Gasteiger charge is -2.27. The lowest BCUT2D eigenvalue weighted by molar-refractivity contribution is -0.138. The van der Waals surface area contributed by atoms with Gasteiger partial charge in [-0.25, -0.2) is 4.68 Å². The Labute approximate surface area is 120 Å². The lowest BCUT2D eigenvalue weighted by atomic mass is 10.3. The molecule has 3 N–H and O–H groups in total. The number of nitrogens with zero attached hydrogens (tertiary/aromatic N) is 4. The van der Waals surface area contributed by atoms with Crippen molar-refractivity contribution in [3.8, 4) is 0 Å². The van der Waals surface area contributed by atoms with Crippen LogP contribution in [0.1, 0.15) is 10.5 Å². The highest BCUT2D eigenvalue weighted by Gasteiger charge is 2.18. The molecule has 0 aromatic carbocycles. The summed E-state index contributed by atoms with van der Waals surface area (Å²) in [6.07, 6.45) is 1.22. The molecule has 1 saturated heterocycles. The summed E-state index contributed by atoms with van der Waals surface area (Å²) in [5.41, 5.74) is -0.0237.